The highest BCUT2D eigenvalue weighted by atomic mass is 19.4. The number of nitrogens with zero attached hydrogens (tertiary/aromatic N) is 2. The topological polar surface area (TPSA) is 79.7 Å². The number of nitrogens with one attached hydrogen (secondary N) is 1. The number of hydrazine groups is 2. The van der Waals surface area contributed by atoms with Gasteiger partial charge in [-0.15, -0.1) is 10.3 Å². The number of hydrazone groups is 1. The summed E-state index contributed by atoms with van der Waals surface area (Å²) in [5.74, 6) is 4.31. The number of hydrogen-bond donors (Lipinski definition) is 3. The lowest BCUT2D eigenvalue weighted by Crippen LogP contribution is -2.44. The molecule has 0 atom stereocenters. The van der Waals surface area contributed by atoms with Crippen LogP contribution in [0.4, 0.5) is 13.2 Å². The summed E-state index contributed by atoms with van der Waals surface area (Å²) in [7, 11) is 0. The van der Waals surface area contributed by atoms with Crippen molar-refractivity contribution in [2.75, 3.05) is 0 Å². The summed E-state index contributed by atoms with van der Waals surface area (Å²) in [6.45, 7) is 0. The van der Waals surface area contributed by atoms with E-state index in [0.717, 1.165) is 0 Å². The monoisotopic (exact) mass is 181 g/mol. The molecule has 1 heterocycles. The van der Waals surface area contributed by atoms with Gasteiger partial charge in [-0.1, -0.05) is 0 Å². The summed E-state index contributed by atoms with van der Waals surface area (Å²) in [6, 6.07) is 0. The van der Waals surface area contributed by atoms with Crippen LogP contribution in [0.15, 0.2) is 16.9 Å². The van der Waals surface area contributed by atoms with E-state index in [-0.39, 0.29) is 0 Å². The molecular formula is C4H6F3N5. The number of amidine groups is 1. The summed E-state index contributed by atoms with van der Waals surface area (Å²) in [6.07, 6.45) is -3.87. The summed E-state index contributed by atoms with van der Waals surface area (Å²) in [5.41, 5.74) is 5.95. The first-order valence-corrected chi connectivity index (χ1v) is 2.84. The van der Waals surface area contributed by atoms with Gasteiger partial charge in [0.05, 0.1) is 0 Å². The highest BCUT2D eigenvalue weighted by molar-refractivity contribution is 5.98. The molecule has 68 valence electrons. The average molecular weight is 181 g/mol. The number of halogens is 3. The number of rotatable bonds is 0. The SMILES string of the molecule is NC1=NN(N)NC=C1C(F)(F)F. The smallest absolute Gasteiger partial charge is 0.382 e. The van der Waals surface area contributed by atoms with Crippen LogP contribution in [0.2, 0.25) is 0 Å². The van der Waals surface area contributed by atoms with Crippen molar-refractivity contribution < 1.29 is 13.2 Å². The van der Waals surface area contributed by atoms with Gasteiger partial charge in [0, 0.05) is 6.20 Å². The summed E-state index contributed by atoms with van der Waals surface area (Å²) in [4.78, 5) is 0. The Kier molecular flexibility index (Phi) is 1.84. The molecule has 5 N–H and O–H groups in total. The summed E-state index contributed by atoms with van der Waals surface area (Å²) >= 11 is 0. The first-order chi connectivity index (χ1) is 5.41. The molecule has 12 heavy (non-hydrogen) atoms. The van der Waals surface area contributed by atoms with Crippen LogP contribution >= 0.6 is 0 Å². The van der Waals surface area contributed by atoms with E-state index >= 15 is 0 Å². The van der Waals surface area contributed by atoms with Gasteiger partial charge in [-0.3, -0.25) is 5.43 Å². The van der Waals surface area contributed by atoms with Gasteiger partial charge >= 0.3 is 6.18 Å². The predicted octanol–water partition coefficient (Wildman–Crippen LogP) is -0.601. The second-order valence-corrected chi connectivity index (χ2v) is 2.01. The molecule has 0 aliphatic carbocycles. The van der Waals surface area contributed by atoms with Crippen molar-refractivity contribution in [2.24, 2.45) is 16.7 Å². The molecule has 0 radical (unpaired) electrons. The molecule has 0 fully saturated rings. The molecule has 0 unspecified atom stereocenters. The standard InChI is InChI=1S/C4H6F3N5/c5-4(6,7)2-1-10-12(9)11-3(2)8/h1,10H,9H2,(H2,8,11). The predicted molar refractivity (Wildman–Crippen MR) is 34.9 cm³/mol. The largest absolute Gasteiger partial charge is 0.421 e. The Balaban J connectivity index is 2.89. The van der Waals surface area contributed by atoms with Crippen LogP contribution in [0.3, 0.4) is 0 Å². The molecule has 1 rings (SSSR count). The Morgan fingerprint density at radius 3 is 2.50 bits per heavy atom. The second kappa shape index (κ2) is 2.55. The van der Waals surface area contributed by atoms with E-state index in [2.05, 4.69) is 5.10 Å². The van der Waals surface area contributed by atoms with Crippen molar-refractivity contribution in [3.05, 3.63) is 11.8 Å². The Labute approximate surface area is 65.4 Å². The number of alkyl halides is 3. The molecule has 5 nitrogen and oxygen atoms in total. The van der Waals surface area contributed by atoms with Crippen LogP contribution in [0, 0.1) is 0 Å². The van der Waals surface area contributed by atoms with Gasteiger partial charge in [0.25, 0.3) is 0 Å². The van der Waals surface area contributed by atoms with E-state index in [4.69, 9.17) is 11.6 Å². The zero-order valence-electron chi connectivity index (χ0n) is 5.76. The minimum absolute atomic E-state index is 0.588. The van der Waals surface area contributed by atoms with E-state index in [9.17, 15) is 13.2 Å². The summed E-state index contributed by atoms with van der Waals surface area (Å²) in [5, 5.41) is 3.72. The van der Waals surface area contributed by atoms with Crippen LogP contribution in [0.1, 0.15) is 0 Å². The van der Waals surface area contributed by atoms with Crippen molar-refractivity contribution in [1.82, 2.24) is 10.7 Å². The lowest BCUT2D eigenvalue weighted by molar-refractivity contribution is -0.0876. The van der Waals surface area contributed by atoms with E-state index in [1.54, 1.807) is 0 Å². The van der Waals surface area contributed by atoms with Crippen molar-refractivity contribution in [2.45, 2.75) is 6.18 Å². The maximum Gasteiger partial charge on any atom is 0.421 e. The van der Waals surface area contributed by atoms with Gasteiger partial charge in [-0.25, -0.2) is 5.84 Å². The number of hydrogen-bond acceptors (Lipinski definition) is 5. The normalized spacial score (nSPS) is 18.2. The van der Waals surface area contributed by atoms with Crippen LogP contribution in [0.5, 0.6) is 0 Å². The zero-order chi connectivity index (χ0) is 9.35. The third-order valence-electron chi connectivity index (χ3n) is 1.14. The zero-order valence-corrected chi connectivity index (χ0v) is 5.76. The lowest BCUT2D eigenvalue weighted by atomic mass is 10.2. The highest BCUT2D eigenvalue weighted by Gasteiger charge is 2.37. The maximum absolute atomic E-state index is 12.0. The van der Waals surface area contributed by atoms with Crippen molar-refractivity contribution in [3.8, 4) is 0 Å². The van der Waals surface area contributed by atoms with Crippen LogP contribution in [-0.4, -0.2) is 17.2 Å². The molecule has 1 aliphatic rings. The first kappa shape index (κ1) is 8.65. The van der Waals surface area contributed by atoms with E-state index in [1.807, 2.05) is 5.43 Å². The molecule has 0 saturated heterocycles. The molecule has 0 amide bonds. The van der Waals surface area contributed by atoms with E-state index in [1.165, 1.54) is 0 Å². The van der Waals surface area contributed by atoms with Gasteiger partial charge in [-0.2, -0.15) is 13.2 Å². The van der Waals surface area contributed by atoms with Gasteiger partial charge in [-0.05, 0) is 0 Å². The Bertz CT molecular complexity index is 242. The molecule has 0 bridgehead atoms. The van der Waals surface area contributed by atoms with Crippen LogP contribution in [0.25, 0.3) is 0 Å². The van der Waals surface area contributed by atoms with Crippen molar-refractivity contribution in [3.63, 3.8) is 0 Å². The van der Waals surface area contributed by atoms with Crippen LogP contribution in [-0.2, 0) is 0 Å². The maximum atomic E-state index is 12.0. The van der Waals surface area contributed by atoms with Crippen molar-refractivity contribution >= 4 is 5.84 Å². The molecule has 1 aliphatic heterocycles. The van der Waals surface area contributed by atoms with Gasteiger partial charge < -0.3 is 5.73 Å². The fraction of sp³-hybridized carbons (Fsp3) is 0.250. The van der Waals surface area contributed by atoms with Gasteiger partial charge in [0.15, 0.2) is 5.84 Å². The third kappa shape index (κ3) is 1.59. The van der Waals surface area contributed by atoms with Gasteiger partial charge in [0.1, 0.15) is 5.57 Å². The molecule has 8 heteroatoms. The average Bonchev–Trinajstić information content (AvgIpc) is 1.83. The Hall–Kier alpha value is -1.44. The molecule has 0 saturated carbocycles. The minimum Gasteiger partial charge on any atom is -0.382 e. The second-order valence-electron chi connectivity index (χ2n) is 2.01. The van der Waals surface area contributed by atoms with Crippen LogP contribution < -0.4 is 17.0 Å². The molecule has 0 aromatic carbocycles. The molecule has 0 spiro atoms. The fourth-order valence-electron chi connectivity index (χ4n) is 0.630. The fourth-order valence-corrected chi connectivity index (χ4v) is 0.630. The van der Waals surface area contributed by atoms with E-state index in [0.29, 0.717) is 11.4 Å². The third-order valence-corrected chi connectivity index (χ3v) is 1.14. The summed E-state index contributed by atoms with van der Waals surface area (Å²) < 4.78 is 36.0. The quantitative estimate of drug-likeness (QED) is 0.436. The van der Waals surface area contributed by atoms with Crippen molar-refractivity contribution in [1.29, 1.82) is 0 Å². The first-order valence-electron chi connectivity index (χ1n) is 2.84. The minimum atomic E-state index is -4.51. The van der Waals surface area contributed by atoms with E-state index < -0.39 is 17.6 Å². The molecule has 0 aromatic rings. The highest BCUT2D eigenvalue weighted by Crippen LogP contribution is 2.25. The molecule has 0 aromatic heterocycles. The lowest BCUT2D eigenvalue weighted by Gasteiger charge is -2.20. The molecular weight excluding hydrogens is 175 g/mol. The van der Waals surface area contributed by atoms with Gasteiger partial charge in [0.2, 0.25) is 0 Å². The Morgan fingerprint density at radius 1 is 1.50 bits per heavy atom. The Morgan fingerprint density at radius 2 is 2.08 bits per heavy atom. The number of nitrogens with two attached hydrogens (primary N) is 2.